The van der Waals surface area contributed by atoms with Gasteiger partial charge >= 0.3 is 0 Å². The maximum atomic E-state index is 11.7. The third-order valence-electron chi connectivity index (χ3n) is 2.26. The third-order valence-corrected chi connectivity index (χ3v) is 2.26. The Balaban J connectivity index is 2.98. The molecule has 1 unspecified atom stereocenters. The second-order valence-electron chi connectivity index (χ2n) is 3.55. The van der Waals surface area contributed by atoms with Gasteiger partial charge in [0.15, 0.2) is 0 Å². The van der Waals surface area contributed by atoms with Crippen molar-refractivity contribution in [1.29, 1.82) is 0 Å². The highest BCUT2D eigenvalue weighted by Gasteiger charge is 2.13. The molecule has 0 saturated heterocycles. The van der Waals surface area contributed by atoms with Crippen LogP contribution in [0.15, 0.2) is 4.79 Å². The summed E-state index contributed by atoms with van der Waals surface area (Å²) in [7, 11) is 0. The molecule has 15 heavy (non-hydrogen) atoms. The molecule has 0 bridgehead atoms. The second kappa shape index (κ2) is 5.04. The average Bonchev–Trinajstić information content (AvgIpc) is 2.12. The van der Waals surface area contributed by atoms with Gasteiger partial charge in [0.2, 0.25) is 0 Å². The minimum absolute atomic E-state index is 0.0561. The molecule has 1 atom stereocenters. The van der Waals surface area contributed by atoms with Crippen molar-refractivity contribution in [3.8, 4) is 0 Å². The molecule has 0 saturated carbocycles. The van der Waals surface area contributed by atoms with Crippen LogP contribution in [-0.2, 0) is 0 Å². The fourth-order valence-electron chi connectivity index (χ4n) is 1.63. The van der Waals surface area contributed by atoms with E-state index in [2.05, 4.69) is 15.3 Å². The topological polar surface area (TPSA) is 78.0 Å². The molecule has 1 aromatic heterocycles. The monoisotopic (exact) mass is 211 g/mol. The number of nitrogens with one attached hydrogen (secondary N) is 2. The van der Waals surface area contributed by atoms with Crippen molar-refractivity contribution in [2.75, 3.05) is 13.2 Å². The number of aryl methyl sites for hydroxylation is 2. The van der Waals surface area contributed by atoms with Gasteiger partial charge in [0.05, 0.1) is 12.2 Å². The number of nitrogens with zero attached hydrogens (tertiary/aromatic N) is 1. The zero-order chi connectivity index (χ0) is 11.4. The lowest BCUT2D eigenvalue weighted by molar-refractivity contribution is 0.286. The Kier molecular flexibility index (Phi) is 3.99. The fourth-order valence-corrected chi connectivity index (χ4v) is 1.63. The highest BCUT2D eigenvalue weighted by molar-refractivity contribution is 5.19. The summed E-state index contributed by atoms with van der Waals surface area (Å²) in [5.41, 5.74) is 1.25. The molecule has 1 rings (SSSR count). The summed E-state index contributed by atoms with van der Waals surface area (Å²) in [6.07, 6.45) is 0. The Morgan fingerprint density at radius 3 is 2.73 bits per heavy atom. The molecule has 0 spiro atoms. The first-order chi connectivity index (χ1) is 7.06. The summed E-state index contributed by atoms with van der Waals surface area (Å²) >= 11 is 0. The molecule has 1 heterocycles. The van der Waals surface area contributed by atoms with Crippen molar-refractivity contribution in [2.45, 2.75) is 26.8 Å². The van der Waals surface area contributed by atoms with E-state index in [0.717, 1.165) is 5.69 Å². The first kappa shape index (κ1) is 11.9. The number of aliphatic hydroxyl groups excluding tert-OH is 1. The van der Waals surface area contributed by atoms with Gasteiger partial charge in [0.25, 0.3) is 5.56 Å². The summed E-state index contributed by atoms with van der Waals surface area (Å²) in [6.45, 7) is 5.97. The SMILES string of the molecule is Cc1nc(C)c(C(C)NCCO)c(=O)[nH]1. The van der Waals surface area contributed by atoms with Crippen LogP contribution in [0, 0.1) is 13.8 Å². The zero-order valence-electron chi connectivity index (χ0n) is 9.29. The van der Waals surface area contributed by atoms with Crippen LogP contribution in [0.1, 0.15) is 30.0 Å². The van der Waals surface area contributed by atoms with Crippen LogP contribution in [0.3, 0.4) is 0 Å². The molecule has 0 aliphatic heterocycles. The van der Waals surface area contributed by atoms with Crippen molar-refractivity contribution < 1.29 is 5.11 Å². The highest BCUT2D eigenvalue weighted by Crippen LogP contribution is 2.09. The predicted molar refractivity (Wildman–Crippen MR) is 57.8 cm³/mol. The molecule has 84 valence electrons. The van der Waals surface area contributed by atoms with Crippen molar-refractivity contribution in [2.24, 2.45) is 0 Å². The Morgan fingerprint density at radius 2 is 2.20 bits per heavy atom. The lowest BCUT2D eigenvalue weighted by Gasteiger charge is -2.14. The Labute approximate surface area is 88.6 Å². The third kappa shape index (κ3) is 2.87. The Bertz CT molecular complexity index is 387. The average molecular weight is 211 g/mol. The van der Waals surface area contributed by atoms with E-state index in [1.807, 2.05) is 13.8 Å². The van der Waals surface area contributed by atoms with E-state index in [0.29, 0.717) is 17.9 Å². The molecule has 1 aromatic rings. The van der Waals surface area contributed by atoms with E-state index in [-0.39, 0.29) is 18.2 Å². The first-order valence-corrected chi connectivity index (χ1v) is 4.98. The van der Waals surface area contributed by atoms with Gasteiger partial charge < -0.3 is 15.4 Å². The lowest BCUT2D eigenvalue weighted by atomic mass is 10.1. The van der Waals surface area contributed by atoms with E-state index in [9.17, 15) is 4.79 Å². The van der Waals surface area contributed by atoms with E-state index in [1.165, 1.54) is 0 Å². The molecule has 0 aliphatic rings. The van der Waals surface area contributed by atoms with Gasteiger partial charge in [0.1, 0.15) is 5.82 Å². The van der Waals surface area contributed by atoms with Crippen LogP contribution < -0.4 is 10.9 Å². The number of hydrogen-bond acceptors (Lipinski definition) is 4. The quantitative estimate of drug-likeness (QED) is 0.656. The first-order valence-electron chi connectivity index (χ1n) is 4.98. The maximum absolute atomic E-state index is 11.7. The fraction of sp³-hybridized carbons (Fsp3) is 0.600. The molecule has 0 amide bonds. The number of hydrogen-bond donors (Lipinski definition) is 3. The standard InChI is InChI=1S/C10H17N3O2/c1-6(11-4-5-14)9-7(2)12-8(3)13-10(9)15/h6,11,14H,4-5H2,1-3H3,(H,12,13,15). The number of rotatable bonds is 4. The zero-order valence-corrected chi connectivity index (χ0v) is 9.29. The molecular weight excluding hydrogens is 194 g/mol. The summed E-state index contributed by atoms with van der Waals surface area (Å²) in [4.78, 5) is 18.5. The van der Waals surface area contributed by atoms with E-state index >= 15 is 0 Å². The number of aliphatic hydroxyl groups is 1. The van der Waals surface area contributed by atoms with Crippen LogP contribution in [0.2, 0.25) is 0 Å². The summed E-state index contributed by atoms with van der Waals surface area (Å²) in [5.74, 6) is 0.621. The lowest BCUT2D eigenvalue weighted by Crippen LogP contribution is -2.29. The smallest absolute Gasteiger partial charge is 0.255 e. The molecule has 5 heteroatoms. The van der Waals surface area contributed by atoms with E-state index in [4.69, 9.17) is 5.11 Å². The van der Waals surface area contributed by atoms with Gasteiger partial charge in [-0.05, 0) is 20.8 Å². The van der Waals surface area contributed by atoms with Gasteiger partial charge in [-0.25, -0.2) is 4.98 Å². The van der Waals surface area contributed by atoms with Gasteiger partial charge in [-0.1, -0.05) is 0 Å². The van der Waals surface area contributed by atoms with Gasteiger partial charge in [0, 0.05) is 18.3 Å². The second-order valence-corrected chi connectivity index (χ2v) is 3.55. The van der Waals surface area contributed by atoms with Crippen molar-refractivity contribution in [1.82, 2.24) is 15.3 Å². The minimum Gasteiger partial charge on any atom is -0.395 e. The molecule has 0 radical (unpaired) electrons. The Morgan fingerprint density at radius 1 is 1.53 bits per heavy atom. The van der Waals surface area contributed by atoms with Crippen LogP contribution in [0.5, 0.6) is 0 Å². The molecule has 5 nitrogen and oxygen atoms in total. The molecule has 3 N–H and O–H groups in total. The highest BCUT2D eigenvalue weighted by atomic mass is 16.3. The van der Waals surface area contributed by atoms with Gasteiger partial charge in [-0.15, -0.1) is 0 Å². The Hall–Kier alpha value is -1.20. The van der Waals surface area contributed by atoms with Crippen LogP contribution in [-0.4, -0.2) is 28.2 Å². The predicted octanol–water partition coefficient (Wildman–Crippen LogP) is 0.0296. The van der Waals surface area contributed by atoms with E-state index in [1.54, 1.807) is 6.92 Å². The van der Waals surface area contributed by atoms with E-state index < -0.39 is 0 Å². The van der Waals surface area contributed by atoms with Gasteiger partial charge in [-0.2, -0.15) is 0 Å². The molecular formula is C10H17N3O2. The summed E-state index contributed by atoms with van der Waals surface area (Å²) in [5, 5.41) is 11.7. The maximum Gasteiger partial charge on any atom is 0.255 e. The number of H-pyrrole nitrogens is 1. The minimum atomic E-state index is -0.113. The van der Waals surface area contributed by atoms with Crippen molar-refractivity contribution >= 4 is 0 Å². The van der Waals surface area contributed by atoms with Crippen LogP contribution >= 0.6 is 0 Å². The molecule has 0 fully saturated rings. The normalized spacial score (nSPS) is 12.8. The van der Waals surface area contributed by atoms with Crippen LogP contribution in [0.25, 0.3) is 0 Å². The van der Waals surface area contributed by atoms with Crippen molar-refractivity contribution in [3.05, 3.63) is 27.4 Å². The van der Waals surface area contributed by atoms with Gasteiger partial charge in [-0.3, -0.25) is 4.79 Å². The largest absolute Gasteiger partial charge is 0.395 e. The molecule has 0 aliphatic carbocycles. The summed E-state index contributed by atoms with van der Waals surface area (Å²) in [6, 6.07) is -0.103. The summed E-state index contributed by atoms with van der Waals surface area (Å²) < 4.78 is 0. The number of aromatic nitrogens is 2. The van der Waals surface area contributed by atoms with Crippen molar-refractivity contribution in [3.63, 3.8) is 0 Å². The molecule has 0 aromatic carbocycles. The number of aromatic amines is 1. The van der Waals surface area contributed by atoms with Crippen LogP contribution in [0.4, 0.5) is 0 Å².